The number of unbranched alkanes of at least 4 members (excludes halogenated alkanes) is 3. The van der Waals surface area contributed by atoms with E-state index in [1.807, 2.05) is 6.08 Å². The first kappa shape index (κ1) is 16.6. The minimum Gasteiger partial charge on any atom is -0.304 e. The number of rotatable bonds is 9. The third kappa shape index (κ3) is 6.52. The van der Waals surface area contributed by atoms with Crippen LogP contribution in [0.4, 0.5) is 0 Å². The van der Waals surface area contributed by atoms with Crippen molar-refractivity contribution in [2.75, 3.05) is 33.7 Å². The van der Waals surface area contributed by atoms with Gasteiger partial charge in [0.05, 0.1) is 0 Å². The smallest absolute Gasteiger partial charge is 0.0235 e. The van der Waals surface area contributed by atoms with Gasteiger partial charge in [-0.15, -0.1) is 6.58 Å². The van der Waals surface area contributed by atoms with Gasteiger partial charge in [-0.25, -0.2) is 0 Å². The summed E-state index contributed by atoms with van der Waals surface area (Å²) in [5.41, 5.74) is 3.01. The first-order valence-electron chi connectivity index (χ1n) is 7.63. The molecule has 0 radical (unpaired) electrons. The average molecular weight is 268 g/mol. The van der Waals surface area contributed by atoms with E-state index in [9.17, 15) is 0 Å². The summed E-state index contributed by atoms with van der Waals surface area (Å²) in [5.74, 6) is 5.71. The Morgan fingerprint density at radius 2 is 2.11 bits per heavy atom. The second kappa shape index (κ2) is 9.48. The molecule has 0 aliphatic carbocycles. The Bertz CT molecular complexity index is 244. The van der Waals surface area contributed by atoms with E-state index in [-0.39, 0.29) is 0 Å². The second-order valence-corrected chi connectivity index (χ2v) is 5.92. The van der Waals surface area contributed by atoms with Gasteiger partial charge in [-0.3, -0.25) is 11.3 Å². The van der Waals surface area contributed by atoms with Gasteiger partial charge < -0.3 is 9.80 Å². The van der Waals surface area contributed by atoms with E-state index in [1.165, 1.54) is 32.2 Å². The molecule has 0 aromatic rings. The molecule has 3 N–H and O–H groups in total. The van der Waals surface area contributed by atoms with E-state index in [0.29, 0.717) is 12.1 Å². The number of likely N-dealkylation sites (N-methyl/N-ethyl adjacent to an activating group) is 2. The zero-order chi connectivity index (χ0) is 14.1. The van der Waals surface area contributed by atoms with Gasteiger partial charge in [0.2, 0.25) is 0 Å². The minimum absolute atomic E-state index is 0.447. The Labute approximate surface area is 119 Å². The number of piperazine rings is 1. The van der Waals surface area contributed by atoms with E-state index in [4.69, 9.17) is 5.84 Å². The van der Waals surface area contributed by atoms with Crippen LogP contribution in [0.1, 0.15) is 38.5 Å². The second-order valence-electron chi connectivity index (χ2n) is 5.92. The van der Waals surface area contributed by atoms with Gasteiger partial charge in [-0.1, -0.05) is 18.9 Å². The maximum absolute atomic E-state index is 5.71. The van der Waals surface area contributed by atoms with Crippen molar-refractivity contribution in [3.05, 3.63) is 12.7 Å². The lowest BCUT2D eigenvalue weighted by Gasteiger charge is -2.39. The van der Waals surface area contributed by atoms with Gasteiger partial charge in [-0.2, -0.15) is 0 Å². The van der Waals surface area contributed by atoms with Crippen molar-refractivity contribution < 1.29 is 0 Å². The van der Waals surface area contributed by atoms with E-state index in [2.05, 4.69) is 35.9 Å². The molecule has 2 unspecified atom stereocenters. The third-order valence-corrected chi connectivity index (χ3v) is 4.23. The number of nitrogens with one attached hydrogen (secondary N) is 1. The highest BCUT2D eigenvalue weighted by molar-refractivity contribution is 4.82. The summed E-state index contributed by atoms with van der Waals surface area (Å²) in [7, 11) is 4.44. The van der Waals surface area contributed by atoms with Gasteiger partial charge in [0.25, 0.3) is 0 Å². The minimum atomic E-state index is 0.447. The maximum Gasteiger partial charge on any atom is 0.0235 e. The summed E-state index contributed by atoms with van der Waals surface area (Å²) in [4.78, 5) is 4.89. The molecule has 4 heteroatoms. The van der Waals surface area contributed by atoms with Crippen LogP contribution in [0.15, 0.2) is 12.7 Å². The fraction of sp³-hybridized carbons (Fsp3) is 0.867. The Morgan fingerprint density at radius 3 is 2.79 bits per heavy atom. The number of allylic oxidation sites excluding steroid dienone is 1. The SMILES string of the molecule is C=CCCCCCC(CC1CN(C)CCN1C)NN. The van der Waals surface area contributed by atoms with E-state index in [0.717, 1.165) is 25.9 Å². The van der Waals surface area contributed by atoms with Crippen LogP contribution in [0.2, 0.25) is 0 Å². The van der Waals surface area contributed by atoms with Gasteiger partial charge in [-0.05, 0) is 39.8 Å². The number of hydrogen-bond donors (Lipinski definition) is 2. The van der Waals surface area contributed by atoms with Crippen LogP contribution in [-0.4, -0.2) is 55.6 Å². The van der Waals surface area contributed by atoms with Crippen molar-refractivity contribution in [2.45, 2.75) is 50.6 Å². The molecule has 2 atom stereocenters. The molecule has 1 rings (SSSR count). The van der Waals surface area contributed by atoms with Crippen LogP contribution in [0.3, 0.4) is 0 Å². The topological polar surface area (TPSA) is 44.5 Å². The number of hydrogen-bond acceptors (Lipinski definition) is 4. The molecular formula is C15H32N4. The number of nitrogens with two attached hydrogens (primary N) is 1. The molecule has 112 valence electrons. The zero-order valence-corrected chi connectivity index (χ0v) is 12.8. The molecule has 1 aliphatic rings. The molecular weight excluding hydrogens is 236 g/mol. The summed E-state index contributed by atoms with van der Waals surface area (Å²) in [6.07, 6.45) is 9.27. The third-order valence-electron chi connectivity index (χ3n) is 4.23. The van der Waals surface area contributed by atoms with Crippen LogP contribution >= 0.6 is 0 Å². The fourth-order valence-corrected chi connectivity index (χ4v) is 2.81. The highest BCUT2D eigenvalue weighted by Gasteiger charge is 2.24. The lowest BCUT2D eigenvalue weighted by molar-refractivity contribution is 0.0998. The molecule has 0 saturated carbocycles. The molecule has 0 aromatic carbocycles. The lowest BCUT2D eigenvalue weighted by Crippen LogP contribution is -2.52. The molecule has 4 nitrogen and oxygen atoms in total. The fourth-order valence-electron chi connectivity index (χ4n) is 2.81. The predicted octanol–water partition coefficient (Wildman–Crippen LogP) is 1.59. The van der Waals surface area contributed by atoms with Crippen molar-refractivity contribution in [3.63, 3.8) is 0 Å². The van der Waals surface area contributed by atoms with Crippen molar-refractivity contribution in [1.82, 2.24) is 15.2 Å². The van der Waals surface area contributed by atoms with Gasteiger partial charge >= 0.3 is 0 Å². The molecule has 19 heavy (non-hydrogen) atoms. The van der Waals surface area contributed by atoms with Crippen molar-refractivity contribution in [1.29, 1.82) is 0 Å². The van der Waals surface area contributed by atoms with Gasteiger partial charge in [0.1, 0.15) is 0 Å². The van der Waals surface area contributed by atoms with Gasteiger partial charge in [0, 0.05) is 31.7 Å². The summed E-state index contributed by atoms with van der Waals surface area (Å²) in [6.45, 7) is 7.26. The zero-order valence-electron chi connectivity index (χ0n) is 12.8. The quantitative estimate of drug-likeness (QED) is 0.288. The van der Waals surface area contributed by atoms with Gasteiger partial charge in [0.15, 0.2) is 0 Å². The standard InChI is InChI=1S/C15H32N4/c1-4-5-6-7-8-9-14(17-16)12-15-13-18(2)10-11-19(15)3/h4,14-15,17H,1,5-13,16H2,2-3H3. The van der Waals surface area contributed by atoms with Crippen molar-refractivity contribution >= 4 is 0 Å². The number of hydrazine groups is 1. The van der Waals surface area contributed by atoms with Crippen LogP contribution in [0.5, 0.6) is 0 Å². The first-order valence-corrected chi connectivity index (χ1v) is 7.63. The van der Waals surface area contributed by atoms with E-state index < -0.39 is 0 Å². The summed E-state index contributed by atoms with van der Waals surface area (Å²) >= 11 is 0. The maximum atomic E-state index is 5.71. The van der Waals surface area contributed by atoms with Crippen LogP contribution in [0.25, 0.3) is 0 Å². The summed E-state index contributed by atoms with van der Waals surface area (Å²) in [5, 5.41) is 0. The molecule has 0 aromatic heterocycles. The normalized spacial score (nSPS) is 23.4. The molecule has 1 aliphatic heterocycles. The molecule has 1 fully saturated rings. The molecule has 0 amide bonds. The molecule has 0 bridgehead atoms. The number of nitrogens with zero attached hydrogens (tertiary/aromatic N) is 2. The lowest BCUT2D eigenvalue weighted by atomic mass is 9.99. The summed E-state index contributed by atoms with van der Waals surface area (Å²) < 4.78 is 0. The largest absolute Gasteiger partial charge is 0.304 e. The monoisotopic (exact) mass is 268 g/mol. The predicted molar refractivity (Wildman–Crippen MR) is 82.9 cm³/mol. The van der Waals surface area contributed by atoms with Crippen molar-refractivity contribution in [3.8, 4) is 0 Å². The van der Waals surface area contributed by atoms with Crippen LogP contribution < -0.4 is 11.3 Å². The Hall–Kier alpha value is -0.420. The van der Waals surface area contributed by atoms with Crippen LogP contribution in [-0.2, 0) is 0 Å². The highest BCUT2D eigenvalue weighted by atomic mass is 15.3. The Kier molecular flexibility index (Phi) is 8.30. The van der Waals surface area contributed by atoms with E-state index >= 15 is 0 Å². The van der Waals surface area contributed by atoms with Crippen molar-refractivity contribution in [2.24, 2.45) is 5.84 Å². The molecule has 1 saturated heterocycles. The molecule has 0 spiro atoms. The van der Waals surface area contributed by atoms with E-state index in [1.54, 1.807) is 0 Å². The first-order chi connectivity index (χ1) is 9.17. The average Bonchev–Trinajstić information content (AvgIpc) is 2.41. The Balaban J connectivity index is 2.24. The van der Waals surface area contributed by atoms with Crippen LogP contribution in [0, 0.1) is 0 Å². The molecule has 1 heterocycles. The Morgan fingerprint density at radius 1 is 1.32 bits per heavy atom. The summed E-state index contributed by atoms with van der Waals surface area (Å²) in [6, 6.07) is 1.08. The highest BCUT2D eigenvalue weighted by Crippen LogP contribution is 2.15.